The Hall–Kier alpha value is -3.36. The van der Waals surface area contributed by atoms with Gasteiger partial charge < -0.3 is 19.8 Å². The minimum atomic E-state index is -0.823. The number of thioether (sulfide) groups is 1. The zero-order chi connectivity index (χ0) is 32.3. The van der Waals surface area contributed by atoms with Gasteiger partial charge in [-0.3, -0.25) is 14.4 Å². The molecule has 5 rings (SSSR count). The number of aliphatic hydroxyl groups is 1. The van der Waals surface area contributed by atoms with Crippen LogP contribution in [0.25, 0.3) is 0 Å². The smallest absolute Gasteiger partial charge is 0.247 e. The minimum Gasteiger partial charge on any atom is -0.394 e. The largest absolute Gasteiger partial charge is 0.394 e. The van der Waals surface area contributed by atoms with Crippen molar-refractivity contribution in [2.24, 2.45) is 17.8 Å². The molecule has 0 saturated carbocycles. The molecule has 0 aliphatic carbocycles. The number of carbonyl (C=O) groups is 3. The van der Waals surface area contributed by atoms with Crippen LogP contribution in [0.1, 0.15) is 57.2 Å². The van der Waals surface area contributed by atoms with E-state index in [4.69, 9.17) is 0 Å². The quantitative estimate of drug-likeness (QED) is 0.280. The molecule has 8 heteroatoms. The van der Waals surface area contributed by atoms with Gasteiger partial charge in [-0.15, -0.1) is 24.9 Å². The molecule has 240 valence electrons. The number of aliphatic hydroxyl groups excluding tert-OH is 1. The first-order valence-corrected chi connectivity index (χ1v) is 17.1. The van der Waals surface area contributed by atoms with Crippen molar-refractivity contribution in [1.82, 2.24) is 14.7 Å². The second kappa shape index (κ2) is 14.0. The maximum Gasteiger partial charge on any atom is 0.247 e. The van der Waals surface area contributed by atoms with Crippen molar-refractivity contribution in [3.05, 3.63) is 97.1 Å². The fraction of sp³-hybridized carbons (Fsp3) is 0.486. The fourth-order valence-electron chi connectivity index (χ4n) is 8.15. The van der Waals surface area contributed by atoms with Gasteiger partial charge in [0, 0.05) is 30.9 Å². The second-order valence-corrected chi connectivity index (χ2v) is 14.4. The molecule has 2 aromatic carbocycles. The van der Waals surface area contributed by atoms with Crippen LogP contribution in [0.15, 0.2) is 86.0 Å². The Labute approximate surface area is 272 Å². The Morgan fingerprint density at radius 2 is 1.71 bits per heavy atom. The van der Waals surface area contributed by atoms with Crippen LogP contribution in [0.3, 0.4) is 0 Å². The summed E-state index contributed by atoms with van der Waals surface area (Å²) in [4.78, 5) is 49.8. The second-order valence-electron chi connectivity index (χ2n) is 12.8. The lowest BCUT2D eigenvalue weighted by atomic mass is 9.65. The van der Waals surface area contributed by atoms with Crippen molar-refractivity contribution in [3.63, 3.8) is 0 Å². The molecule has 7 nitrogen and oxygen atoms in total. The molecule has 3 heterocycles. The van der Waals surface area contributed by atoms with E-state index in [0.717, 1.165) is 30.4 Å². The zero-order valence-electron chi connectivity index (χ0n) is 26.8. The molecule has 3 saturated heterocycles. The van der Waals surface area contributed by atoms with Crippen LogP contribution in [0.4, 0.5) is 0 Å². The van der Waals surface area contributed by atoms with Crippen LogP contribution in [0, 0.1) is 17.8 Å². The fourth-order valence-corrected chi connectivity index (χ4v) is 10.5. The van der Waals surface area contributed by atoms with E-state index in [1.165, 1.54) is 0 Å². The van der Waals surface area contributed by atoms with Gasteiger partial charge in [0.05, 0.1) is 29.2 Å². The van der Waals surface area contributed by atoms with Crippen molar-refractivity contribution in [2.75, 3.05) is 19.7 Å². The highest BCUT2D eigenvalue weighted by Gasteiger charge is 2.77. The average molecular weight is 630 g/mol. The van der Waals surface area contributed by atoms with Crippen LogP contribution in [-0.2, 0) is 20.9 Å². The number of amides is 3. The number of hydrogen-bond acceptors (Lipinski definition) is 5. The van der Waals surface area contributed by atoms with Crippen LogP contribution < -0.4 is 0 Å². The van der Waals surface area contributed by atoms with Crippen LogP contribution in [0.5, 0.6) is 0 Å². The molecular formula is C37H47N3O4S. The first-order chi connectivity index (χ1) is 21.7. The lowest BCUT2D eigenvalue weighted by molar-refractivity contribution is -0.148. The molecule has 3 aliphatic heterocycles. The maximum absolute atomic E-state index is 15.0. The Bertz CT molecular complexity index is 1390. The van der Waals surface area contributed by atoms with Gasteiger partial charge >= 0.3 is 0 Å². The molecule has 2 bridgehead atoms. The standard InChI is InChI=1S/C37H47N3O4S/c1-6-15-26(5)39(21-8-3)36(44)33-37-25(4)22-30(45-37)31(34(42)38(20-7-2)23-27-16-11-9-12-17-27)32(37)35(43)40(33)29(24-41)28-18-13-10-14-19-28/h7-14,16-19,25-26,29-33,41H,2-3,6,15,20-24H2,1,4-5H3/t25?,26?,29-,30-,31+,32+,33?,37?/m1/s1. The van der Waals surface area contributed by atoms with Crippen LogP contribution in [-0.4, -0.2) is 79.3 Å². The topological polar surface area (TPSA) is 81.2 Å². The number of likely N-dealkylation sites (tertiary alicyclic amines) is 1. The first kappa shape index (κ1) is 33.0. The molecule has 3 fully saturated rings. The van der Waals surface area contributed by atoms with Crippen molar-refractivity contribution in [3.8, 4) is 0 Å². The van der Waals surface area contributed by atoms with Crippen LogP contribution in [0.2, 0.25) is 0 Å². The number of hydrogen-bond donors (Lipinski definition) is 1. The summed E-state index contributed by atoms with van der Waals surface area (Å²) >= 11 is 1.67. The minimum absolute atomic E-state index is 0.0219. The molecule has 1 N–H and O–H groups in total. The Balaban J connectivity index is 1.62. The molecule has 3 amide bonds. The first-order valence-electron chi connectivity index (χ1n) is 16.3. The van der Waals surface area contributed by atoms with Crippen molar-refractivity contribution < 1.29 is 19.5 Å². The Kier molecular flexibility index (Phi) is 10.2. The third kappa shape index (κ3) is 5.76. The highest BCUT2D eigenvalue weighted by atomic mass is 32.2. The van der Waals surface area contributed by atoms with E-state index in [-0.39, 0.29) is 41.5 Å². The molecule has 3 aliphatic rings. The van der Waals surface area contributed by atoms with E-state index < -0.39 is 28.7 Å². The van der Waals surface area contributed by atoms with E-state index in [1.807, 2.05) is 72.5 Å². The van der Waals surface area contributed by atoms with E-state index >= 15 is 0 Å². The summed E-state index contributed by atoms with van der Waals surface area (Å²) in [7, 11) is 0. The normalized spacial score (nSPS) is 28.0. The van der Waals surface area contributed by atoms with Gasteiger partial charge in [-0.05, 0) is 36.8 Å². The highest BCUT2D eigenvalue weighted by Crippen LogP contribution is 2.69. The third-order valence-corrected chi connectivity index (χ3v) is 12.2. The number of carbonyl (C=O) groups excluding carboxylic acids is 3. The molecule has 8 atom stereocenters. The molecular weight excluding hydrogens is 582 g/mol. The van der Waals surface area contributed by atoms with Crippen molar-refractivity contribution in [1.29, 1.82) is 0 Å². The van der Waals surface area contributed by atoms with Gasteiger partial charge in [0.2, 0.25) is 17.7 Å². The summed E-state index contributed by atoms with van der Waals surface area (Å²) in [5, 5.41) is 10.8. The SMILES string of the molecule is C=CCN(Cc1ccccc1)C(=O)[C@@H]1[C@H]2C(=O)N([C@H](CO)c3ccccc3)C(C(=O)N(CC=C)C(C)CCC)C23S[C@@H]1CC3C. The van der Waals surface area contributed by atoms with E-state index in [1.54, 1.807) is 33.7 Å². The highest BCUT2D eigenvalue weighted by molar-refractivity contribution is 8.02. The van der Waals surface area contributed by atoms with Gasteiger partial charge in [0.1, 0.15) is 6.04 Å². The lowest BCUT2D eigenvalue weighted by Crippen LogP contribution is -2.59. The van der Waals surface area contributed by atoms with Gasteiger partial charge in [-0.25, -0.2) is 0 Å². The number of rotatable bonds is 14. The summed E-state index contributed by atoms with van der Waals surface area (Å²) in [6.45, 7) is 15.0. The summed E-state index contributed by atoms with van der Waals surface area (Å²) < 4.78 is -0.792. The van der Waals surface area contributed by atoms with E-state index in [2.05, 4.69) is 27.0 Å². The molecule has 0 radical (unpaired) electrons. The van der Waals surface area contributed by atoms with E-state index in [9.17, 15) is 19.5 Å². The monoisotopic (exact) mass is 629 g/mol. The summed E-state index contributed by atoms with van der Waals surface area (Å²) in [6.07, 6.45) is 5.95. The molecule has 45 heavy (non-hydrogen) atoms. The van der Waals surface area contributed by atoms with Gasteiger partial charge in [0.15, 0.2) is 0 Å². The number of nitrogens with zero attached hydrogens (tertiary/aromatic N) is 3. The summed E-state index contributed by atoms with van der Waals surface area (Å²) in [5.41, 5.74) is 1.78. The molecule has 0 aromatic heterocycles. The van der Waals surface area contributed by atoms with Crippen molar-refractivity contribution in [2.45, 2.75) is 74.7 Å². The molecule has 2 aromatic rings. The zero-order valence-corrected chi connectivity index (χ0v) is 27.6. The Morgan fingerprint density at radius 1 is 1.07 bits per heavy atom. The third-order valence-electron chi connectivity index (χ3n) is 10.1. The lowest BCUT2D eigenvalue weighted by Gasteiger charge is -2.43. The molecule has 4 unspecified atom stereocenters. The van der Waals surface area contributed by atoms with Crippen LogP contribution >= 0.6 is 11.8 Å². The number of benzene rings is 2. The maximum atomic E-state index is 15.0. The van der Waals surface area contributed by atoms with E-state index in [0.29, 0.717) is 19.6 Å². The number of fused-ring (bicyclic) bond motifs is 1. The predicted octanol–water partition coefficient (Wildman–Crippen LogP) is 5.48. The Morgan fingerprint density at radius 3 is 2.31 bits per heavy atom. The van der Waals surface area contributed by atoms with Gasteiger partial charge in [-0.1, -0.05) is 93.1 Å². The van der Waals surface area contributed by atoms with Gasteiger partial charge in [-0.2, -0.15) is 0 Å². The summed E-state index contributed by atoms with van der Waals surface area (Å²) in [5.74, 6) is -1.63. The molecule has 1 spiro atoms. The predicted molar refractivity (Wildman–Crippen MR) is 180 cm³/mol. The average Bonchev–Trinajstić information content (AvgIpc) is 3.64. The summed E-state index contributed by atoms with van der Waals surface area (Å²) in [6, 6.07) is 17.7. The van der Waals surface area contributed by atoms with Gasteiger partial charge in [0.25, 0.3) is 0 Å². The van der Waals surface area contributed by atoms with Crippen molar-refractivity contribution >= 4 is 29.5 Å².